The van der Waals surface area contributed by atoms with Crippen molar-refractivity contribution in [3.8, 4) is 0 Å². The lowest BCUT2D eigenvalue weighted by Gasteiger charge is -2.34. The highest BCUT2D eigenvalue weighted by Gasteiger charge is 2.71. The monoisotopic (exact) mass is 375 g/mol. The molecule has 2 saturated heterocycles. The normalized spacial score (nSPS) is 32.9. The topological polar surface area (TPSA) is 66.8 Å². The zero-order valence-corrected chi connectivity index (χ0v) is 15.5. The highest BCUT2D eigenvalue weighted by atomic mass is 16.5. The summed E-state index contributed by atoms with van der Waals surface area (Å²) in [6.45, 7) is 5.97. The van der Waals surface area contributed by atoms with Crippen molar-refractivity contribution in [2.75, 3.05) is 4.90 Å². The molecule has 1 N–H and O–H groups in total. The SMILES string of the molecule is C=C(C)C[C@H]1N(c2cccc3ccccc23)C(=O)[C@H]2[C@@H](C(=O)O)[C@@H]3C=C[C@@]21O3. The molecule has 5 heteroatoms. The third-order valence-electron chi connectivity index (χ3n) is 6.27. The summed E-state index contributed by atoms with van der Waals surface area (Å²) in [5.74, 6) is -2.74. The number of ether oxygens (including phenoxy) is 1. The van der Waals surface area contributed by atoms with E-state index in [1.54, 1.807) is 11.0 Å². The average Bonchev–Trinajstić information content (AvgIpc) is 3.30. The van der Waals surface area contributed by atoms with Gasteiger partial charge in [0, 0.05) is 5.39 Å². The fourth-order valence-corrected chi connectivity index (χ4v) is 5.22. The molecule has 0 aliphatic carbocycles. The number of nitrogens with zero attached hydrogens (tertiary/aromatic N) is 1. The molecule has 2 aromatic rings. The molecule has 1 amide bonds. The van der Waals surface area contributed by atoms with Crippen LogP contribution in [-0.4, -0.2) is 34.7 Å². The molecule has 2 aromatic carbocycles. The maximum absolute atomic E-state index is 13.6. The lowest BCUT2D eigenvalue weighted by Crippen LogP contribution is -2.45. The Hall–Kier alpha value is -2.92. The summed E-state index contributed by atoms with van der Waals surface area (Å²) >= 11 is 0. The van der Waals surface area contributed by atoms with E-state index in [1.165, 1.54) is 0 Å². The van der Waals surface area contributed by atoms with Gasteiger partial charge in [-0.2, -0.15) is 0 Å². The van der Waals surface area contributed by atoms with E-state index in [0.29, 0.717) is 6.42 Å². The number of hydrogen-bond acceptors (Lipinski definition) is 3. The number of carboxylic acids is 1. The van der Waals surface area contributed by atoms with Gasteiger partial charge in [-0.3, -0.25) is 9.59 Å². The van der Waals surface area contributed by atoms with E-state index in [4.69, 9.17) is 4.74 Å². The van der Waals surface area contributed by atoms with Crippen LogP contribution >= 0.6 is 0 Å². The Kier molecular flexibility index (Phi) is 3.55. The molecule has 0 unspecified atom stereocenters. The maximum Gasteiger partial charge on any atom is 0.310 e. The van der Waals surface area contributed by atoms with Gasteiger partial charge in [0.05, 0.1) is 23.8 Å². The quantitative estimate of drug-likeness (QED) is 0.830. The Morgan fingerprint density at radius 3 is 2.75 bits per heavy atom. The van der Waals surface area contributed by atoms with Crippen molar-refractivity contribution >= 4 is 28.3 Å². The molecule has 2 fully saturated rings. The van der Waals surface area contributed by atoms with Crippen LogP contribution in [0.2, 0.25) is 0 Å². The van der Waals surface area contributed by atoms with Crippen LogP contribution in [0.15, 0.2) is 66.8 Å². The maximum atomic E-state index is 13.6. The Morgan fingerprint density at radius 2 is 2.00 bits per heavy atom. The van der Waals surface area contributed by atoms with Crippen molar-refractivity contribution in [3.63, 3.8) is 0 Å². The molecule has 0 radical (unpaired) electrons. The fraction of sp³-hybridized carbons (Fsp3) is 0.304. The first-order chi connectivity index (χ1) is 13.4. The zero-order valence-electron chi connectivity index (χ0n) is 15.5. The second kappa shape index (κ2) is 5.79. The zero-order chi connectivity index (χ0) is 19.6. The van der Waals surface area contributed by atoms with Gasteiger partial charge in [0.25, 0.3) is 0 Å². The predicted octanol–water partition coefficient (Wildman–Crippen LogP) is 3.55. The van der Waals surface area contributed by atoms with Crippen LogP contribution in [0.25, 0.3) is 10.8 Å². The van der Waals surface area contributed by atoms with Gasteiger partial charge in [-0.25, -0.2) is 0 Å². The molecule has 2 bridgehead atoms. The molecule has 5 rings (SSSR count). The van der Waals surface area contributed by atoms with Gasteiger partial charge in [-0.15, -0.1) is 6.58 Å². The van der Waals surface area contributed by atoms with Gasteiger partial charge in [0.15, 0.2) is 0 Å². The summed E-state index contributed by atoms with van der Waals surface area (Å²) in [5, 5.41) is 11.8. The first-order valence-corrected chi connectivity index (χ1v) is 9.49. The Morgan fingerprint density at radius 1 is 1.25 bits per heavy atom. The van der Waals surface area contributed by atoms with E-state index in [2.05, 4.69) is 6.58 Å². The van der Waals surface area contributed by atoms with Crippen molar-refractivity contribution in [2.45, 2.75) is 31.1 Å². The predicted molar refractivity (Wildman–Crippen MR) is 106 cm³/mol. The minimum absolute atomic E-state index is 0.179. The second-order valence-corrected chi connectivity index (χ2v) is 8.02. The molecule has 3 aliphatic heterocycles. The van der Waals surface area contributed by atoms with Crippen LogP contribution in [0.3, 0.4) is 0 Å². The summed E-state index contributed by atoms with van der Waals surface area (Å²) in [6, 6.07) is 13.4. The van der Waals surface area contributed by atoms with Crippen LogP contribution in [0, 0.1) is 11.8 Å². The van der Waals surface area contributed by atoms with Gasteiger partial charge in [-0.05, 0) is 24.8 Å². The lowest BCUT2D eigenvalue weighted by atomic mass is 9.74. The average molecular weight is 375 g/mol. The number of carboxylic acid groups (broad SMARTS) is 1. The molecule has 5 atom stereocenters. The number of aliphatic carboxylic acids is 1. The van der Waals surface area contributed by atoms with Crippen molar-refractivity contribution in [2.24, 2.45) is 11.8 Å². The number of carbonyl (C=O) groups excluding carboxylic acids is 1. The minimum Gasteiger partial charge on any atom is -0.481 e. The van der Waals surface area contributed by atoms with Gasteiger partial charge < -0.3 is 14.7 Å². The van der Waals surface area contributed by atoms with Gasteiger partial charge in [0.2, 0.25) is 5.91 Å². The highest BCUT2D eigenvalue weighted by molar-refractivity contribution is 6.09. The van der Waals surface area contributed by atoms with Gasteiger partial charge in [-0.1, -0.05) is 54.1 Å². The van der Waals surface area contributed by atoms with Crippen LogP contribution in [0.5, 0.6) is 0 Å². The number of amides is 1. The first kappa shape index (κ1) is 17.2. The molecule has 28 heavy (non-hydrogen) atoms. The Bertz CT molecular complexity index is 1050. The summed E-state index contributed by atoms with van der Waals surface area (Å²) in [7, 11) is 0. The van der Waals surface area contributed by atoms with E-state index in [-0.39, 0.29) is 11.9 Å². The number of anilines is 1. The summed E-state index contributed by atoms with van der Waals surface area (Å²) in [6.07, 6.45) is 3.72. The highest BCUT2D eigenvalue weighted by Crippen LogP contribution is 2.57. The van der Waals surface area contributed by atoms with E-state index in [1.807, 2.05) is 55.5 Å². The molecule has 1 spiro atoms. The van der Waals surface area contributed by atoms with Crippen LogP contribution in [0.4, 0.5) is 5.69 Å². The van der Waals surface area contributed by atoms with Crippen LogP contribution < -0.4 is 4.90 Å². The molecule has 142 valence electrons. The molecule has 0 saturated carbocycles. The van der Waals surface area contributed by atoms with Gasteiger partial charge >= 0.3 is 5.97 Å². The number of rotatable bonds is 4. The Labute approximate surface area is 162 Å². The third kappa shape index (κ3) is 2.11. The molecule has 5 nitrogen and oxygen atoms in total. The summed E-state index contributed by atoms with van der Waals surface area (Å²) in [5.41, 5.74) is 0.806. The Balaban J connectivity index is 1.71. The second-order valence-electron chi connectivity index (χ2n) is 8.02. The molecule has 0 aromatic heterocycles. The molecular formula is C23H21NO4. The number of hydrogen-bond donors (Lipinski definition) is 1. The van der Waals surface area contributed by atoms with Crippen LogP contribution in [0.1, 0.15) is 13.3 Å². The van der Waals surface area contributed by atoms with Crippen molar-refractivity contribution in [1.29, 1.82) is 0 Å². The molecule has 3 heterocycles. The van der Waals surface area contributed by atoms with E-state index < -0.39 is 29.5 Å². The van der Waals surface area contributed by atoms with E-state index >= 15 is 0 Å². The number of fused-ring (bicyclic) bond motifs is 2. The van der Waals surface area contributed by atoms with Crippen molar-refractivity contribution < 1.29 is 19.4 Å². The summed E-state index contributed by atoms with van der Waals surface area (Å²) in [4.78, 5) is 27.4. The number of carbonyl (C=O) groups is 2. The third-order valence-corrected chi connectivity index (χ3v) is 6.27. The number of benzene rings is 2. The van der Waals surface area contributed by atoms with E-state index in [9.17, 15) is 14.7 Å². The molecular weight excluding hydrogens is 354 g/mol. The van der Waals surface area contributed by atoms with Crippen LogP contribution in [-0.2, 0) is 14.3 Å². The van der Waals surface area contributed by atoms with Crippen molar-refractivity contribution in [3.05, 3.63) is 66.8 Å². The largest absolute Gasteiger partial charge is 0.481 e. The fourth-order valence-electron chi connectivity index (χ4n) is 5.22. The van der Waals surface area contributed by atoms with Crippen molar-refractivity contribution in [1.82, 2.24) is 0 Å². The smallest absolute Gasteiger partial charge is 0.310 e. The first-order valence-electron chi connectivity index (χ1n) is 9.49. The standard InChI is InChI=1S/C23H21NO4/c1-13(2)12-18-23-11-10-17(28-23)19(22(26)27)20(23)21(25)24(18)16-9-5-7-14-6-3-4-8-15(14)16/h3-11,17-20H,1,12H2,2H3,(H,26,27)/t17-,18+,19-,20+,23-/m0/s1. The van der Waals surface area contributed by atoms with E-state index in [0.717, 1.165) is 22.0 Å². The minimum atomic E-state index is -0.983. The lowest BCUT2D eigenvalue weighted by molar-refractivity contribution is -0.146. The summed E-state index contributed by atoms with van der Waals surface area (Å²) < 4.78 is 6.21. The van der Waals surface area contributed by atoms with Gasteiger partial charge in [0.1, 0.15) is 11.5 Å². The molecule has 3 aliphatic rings.